The zero-order chi connectivity index (χ0) is 21.8. The number of aromatic amines is 1. The van der Waals surface area contributed by atoms with Gasteiger partial charge in [0.2, 0.25) is 0 Å². The van der Waals surface area contributed by atoms with Crippen LogP contribution in [0.5, 0.6) is 0 Å². The Morgan fingerprint density at radius 3 is 2.81 bits per heavy atom. The molecule has 0 spiro atoms. The van der Waals surface area contributed by atoms with Gasteiger partial charge in [-0.05, 0) is 23.3 Å². The second-order valence-corrected chi connectivity index (χ2v) is 7.82. The van der Waals surface area contributed by atoms with Crippen LogP contribution in [0.25, 0.3) is 0 Å². The van der Waals surface area contributed by atoms with E-state index in [1.807, 2.05) is 48.5 Å². The highest BCUT2D eigenvalue weighted by Crippen LogP contribution is 2.34. The van der Waals surface area contributed by atoms with Crippen molar-refractivity contribution in [2.24, 2.45) is 0 Å². The maximum Gasteiger partial charge on any atom is 0.328 e. The van der Waals surface area contributed by atoms with Crippen LogP contribution in [-0.2, 0) is 22.4 Å². The van der Waals surface area contributed by atoms with Crippen LogP contribution in [0, 0.1) is 0 Å². The quantitative estimate of drug-likeness (QED) is 0.597. The Morgan fingerprint density at radius 1 is 1.26 bits per heavy atom. The van der Waals surface area contributed by atoms with Gasteiger partial charge in [-0.2, -0.15) is 0 Å². The van der Waals surface area contributed by atoms with Crippen molar-refractivity contribution in [3.8, 4) is 0 Å². The Hall–Kier alpha value is -3.32. The number of urea groups is 1. The van der Waals surface area contributed by atoms with Crippen LogP contribution in [0.2, 0.25) is 5.02 Å². The Bertz CT molecular complexity index is 1070. The molecular formula is C23H23ClN4O3. The molecule has 0 bridgehead atoms. The second-order valence-electron chi connectivity index (χ2n) is 7.38. The van der Waals surface area contributed by atoms with Gasteiger partial charge in [0.25, 0.3) is 0 Å². The summed E-state index contributed by atoms with van der Waals surface area (Å²) in [5.41, 5.74) is 3.55. The fraction of sp³-hybridized carbons (Fsp3) is 0.261. The summed E-state index contributed by atoms with van der Waals surface area (Å²) in [5.74, 6) is -0.492. The van der Waals surface area contributed by atoms with Crippen LogP contribution in [0.4, 0.5) is 4.79 Å². The molecule has 3 aromatic rings. The minimum absolute atomic E-state index is 0.336. The second kappa shape index (κ2) is 9.22. The number of hydrogen-bond acceptors (Lipinski definition) is 4. The van der Waals surface area contributed by atoms with E-state index in [2.05, 4.69) is 15.3 Å². The molecule has 2 atom stereocenters. The zero-order valence-corrected chi connectivity index (χ0v) is 17.8. The first-order valence-corrected chi connectivity index (χ1v) is 10.4. The molecule has 8 heteroatoms. The summed E-state index contributed by atoms with van der Waals surface area (Å²) in [5, 5.41) is 3.45. The monoisotopic (exact) mass is 438 g/mol. The summed E-state index contributed by atoms with van der Waals surface area (Å²) in [6.07, 6.45) is 2.61. The number of rotatable bonds is 5. The van der Waals surface area contributed by atoms with Gasteiger partial charge in [0.1, 0.15) is 12.1 Å². The van der Waals surface area contributed by atoms with Crippen molar-refractivity contribution in [3.63, 3.8) is 0 Å². The number of esters is 1. The Morgan fingerprint density at radius 2 is 2.06 bits per heavy atom. The molecular weight excluding hydrogens is 416 g/mol. The van der Waals surface area contributed by atoms with Gasteiger partial charge in [-0.15, -0.1) is 0 Å². The molecule has 1 aliphatic heterocycles. The largest absolute Gasteiger partial charge is 0.467 e. The molecule has 2 aromatic carbocycles. The SMILES string of the molecule is COC(=O)C(Cc1ccccc1)NC(=O)N1CCc2[nH]cnc2C1c1cccc(Cl)c1. The molecule has 1 aromatic heterocycles. The van der Waals surface area contributed by atoms with Crippen molar-refractivity contribution >= 4 is 23.6 Å². The van der Waals surface area contributed by atoms with Gasteiger partial charge in [0.05, 0.1) is 19.1 Å². The molecule has 2 unspecified atom stereocenters. The molecule has 160 valence electrons. The lowest BCUT2D eigenvalue weighted by Gasteiger charge is -2.36. The van der Waals surface area contributed by atoms with Gasteiger partial charge in [-0.25, -0.2) is 14.6 Å². The number of nitrogens with zero attached hydrogens (tertiary/aromatic N) is 2. The van der Waals surface area contributed by atoms with E-state index in [-0.39, 0.29) is 6.03 Å². The maximum absolute atomic E-state index is 13.4. The number of aromatic nitrogens is 2. The summed E-state index contributed by atoms with van der Waals surface area (Å²) < 4.78 is 4.94. The standard InChI is InChI=1S/C23H23ClN4O3/c1-31-22(29)19(12-15-6-3-2-4-7-15)27-23(30)28-11-10-18-20(26-14-25-18)21(28)16-8-5-9-17(24)13-16/h2-9,13-14,19,21H,10-12H2,1H3,(H,25,26)(H,27,30). The first-order valence-electron chi connectivity index (χ1n) is 10.0. The topological polar surface area (TPSA) is 87.3 Å². The van der Waals surface area contributed by atoms with Crippen molar-refractivity contribution in [2.45, 2.75) is 24.9 Å². The average molecular weight is 439 g/mol. The van der Waals surface area contributed by atoms with Gasteiger partial charge in [0.15, 0.2) is 0 Å². The highest BCUT2D eigenvalue weighted by molar-refractivity contribution is 6.30. The predicted molar refractivity (Wildman–Crippen MR) is 117 cm³/mol. The number of nitrogens with one attached hydrogen (secondary N) is 2. The molecule has 0 saturated carbocycles. The molecule has 4 rings (SSSR count). The van der Waals surface area contributed by atoms with Gasteiger partial charge in [-0.1, -0.05) is 54.1 Å². The number of carbonyl (C=O) groups is 2. The van der Waals surface area contributed by atoms with Gasteiger partial charge in [0, 0.05) is 30.1 Å². The zero-order valence-electron chi connectivity index (χ0n) is 17.0. The van der Waals surface area contributed by atoms with E-state index in [1.54, 1.807) is 17.3 Å². The predicted octanol–water partition coefficient (Wildman–Crippen LogP) is 3.50. The van der Waals surface area contributed by atoms with E-state index >= 15 is 0 Å². The minimum atomic E-state index is -0.805. The number of fused-ring (bicyclic) bond motifs is 1. The fourth-order valence-electron chi connectivity index (χ4n) is 3.93. The normalized spacial score (nSPS) is 16.3. The number of carbonyl (C=O) groups excluding carboxylic acids is 2. The lowest BCUT2D eigenvalue weighted by molar-refractivity contribution is -0.142. The third kappa shape index (κ3) is 4.56. The van der Waals surface area contributed by atoms with E-state index < -0.39 is 18.1 Å². The summed E-state index contributed by atoms with van der Waals surface area (Å²) >= 11 is 6.22. The molecule has 0 saturated heterocycles. The molecule has 31 heavy (non-hydrogen) atoms. The number of halogens is 1. The minimum Gasteiger partial charge on any atom is -0.467 e. The van der Waals surface area contributed by atoms with E-state index in [1.165, 1.54) is 7.11 Å². The summed E-state index contributed by atoms with van der Waals surface area (Å²) in [4.78, 5) is 35.1. The van der Waals surface area contributed by atoms with E-state index in [9.17, 15) is 9.59 Å². The van der Waals surface area contributed by atoms with Crippen molar-refractivity contribution in [3.05, 3.63) is 88.5 Å². The first kappa shape index (κ1) is 20.9. The number of imidazole rings is 1. The number of benzene rings is 2. The average Bonchev–Trinajstić information content (AvgIpc) is 3.27. The first-order chi connectivity index (χ1) is 15.1. The number of hydrogen-bond donors (Lipinski definition) is 2. The summed E-state index contributed by atoms with van der Waals surface area (Å²) in [6.45, 7) is 0.470. The maximum atomic E-state index is 13.4. The summed E-state index contributed by atoms with van der Waals surface area (Å²) in [6, 6.07) is 15.3. The molecule has 2 amide bonds. The number of H-pyrrole nitrogens is 1. The van der Waals surface area contributed by atoms with Crippen LogP contribution in [-0.4, -0.2) is 46.6 Å². The number of ether oxygens (including phenoxy) is 1. The lowest BCUT2D eigenvalue weighted by atomic mass is 9.96. The van der Waals surface area contributed by atoms with Gasteiger partial charge in [-0.3, -0.25) is 0 Å². The van der Waals surface area contributed by atoms with Crippen LogP contribution in [0.1, 0.15) is 28.6 Å². The number of amides is 2. The Balaban J connectivity index is 1.61. The molecule has 7 nitrogen and oxygen atoms in total. The van der Waals surface area contributed by atoms with E-state index in [4.69, 9.17) is 16.3 Å². The third-order valence-electron chi connectivity index (χ3n) is 5.42. The van der Waals surface area contributed by atoms with Crippen molar-refractivity contribution in [2.75, 3.05) is 13.7 Å². The van der Waals surface area contributed by atoms with Crippen molar-refractivity contribution < 1.29 is 14.3 Å². The molecule has 0 aliphatic carbocycles. The van der Waals surface area contributed by atoms with Crippen molar-refractivity contribution in [1.29, 1.82) is 0 Å². The van der Waals surface area contributed by atoms with Crippen LogP contribution in [0.3, 0.4) is 0 Å². The van der Waals surface area contributed by atoms with Crippen molar-refractivity contribution in [1.82, 2.24) is 20.2 Å². The van der Waals surface area contributed by atoms with Crippen LogP contribution in [0.15, 0.2) is 60.9 Å². The fourth-order valence-corrected chi connectivity index (χ4v) is 4.13. The molecule has 2 N–H and O–H groups in total. The molecule has 0 fully saturated rings. The van der Waals surface area contributed by atoms with Crippen LogP contribution < -0.4 is 5.32 Å². The lowest BCUT2D eigenvalue weighted by Crippen LogP contribution is -2.52. The number of methoxy groups -OCH3 is 1. The third-order valence-corrected chi connectivity index (χ3v) is 5.65. The molecule has 2 heterocycles. The highest BCUT2D eigenvalue weighted by Gasteiger charge is 2.36. The smallest absolute Gasteiger partial charge is 0.328 e. The molecule has 1 aliphatic rings. The highest BCUT2D eigenvalue weighted by atomic mass is 35.5. The van der Waals surface area contributed by atoms with Crippen LogP contribution >= 0.6 is 11.6 Å². The van der Waals surface area contributed by atoms with E-state index in [0.29, 0.717) is 24.4 Å². The van der Waals surface area contributed by atoms with Gasteiger partial charge < -0.3 is 19.9 Å². The van der Waals surface area contributed by atoms with E-state index in [0.717, 1.165) is 22.5 Å². The Labute approximate surface area is 185 Å². The molecule has 0 radical (unpaired) electrons. The Kier molecular flexibility index (Phi) is 6.23. The summed E-state index contributed by atoms with van der Waals surface area (Å²) in [7, 11) is 1.32. The van der Waals surface area contributed by atoms with Gasteiger partial charge >= 0.3 is 12.0 Å².